The van der Waals surface area contributed by atoms with Crippen LogP contribution in [-0.4, -0.2) is 17.0 Å². The Labute approximate surface area is 187 Å². The Morgan fingerprint density at radius 3 is 2.72 bits per heavy atom. The van der Waals surface area contributed by atoms with Crippen molar-refractivity contribution >= 4 is 11.9 Å². The van der Waals surface area contributed by atoms with Crippen LogP contribution in [0.5, 0.6) is 0 Å². The Kier molecular flexibility index (Phi) is 5.07. The summed E-state index contributed by atoms with van der Waals surface area (Å²) in [5.74, 6) is -0.0493. The first kappa shape index (κ1) is 20.8. The lowest BCUT2D eigenvalue weighted by atomic mass is 9.42. The second kappa shape index (κ2) is 7.80. The molecule has 0 bridgehead atoms. The number of aryl methyl sites for hydroxylation is 1. The van der Waals surface area contributed by atoms with Gasteiger partial charge in [-0.2, -0.15) is 0 Å². The SMILES string of the molecule is CC12CCC3C(OC(=O)c4ccccc4)=CC3(CCc3ccoc3)C1CCC=C2C(=O)O. The molecule has 0 saturated heterocycles. The van der Waals surface area contributed by atoms with Crippen LogP contribution in [-0.2, 0) is 16.0 Å². The number of fused-ring (bicyclic) bond motifs is 3. The zero-order valence-corrected chi connectivity index (χ0v) is 18.3. The zero-order valence-electron chi connectivity index (χ0n) is 18.3. The molecular formula is C27H28O5. The highest BCUT2D eigenvalue weighted by Crippen LogP contribution is 2.68. The molecule has 1 N–H and O–H groups in total. The summed E-state index contributed by atoms with van der Waals surface area (Å²) in [4.78, 5) is 24.8. The summed E-state index contributed by atoms with van der Waals surface area (Å²) in [6.07, 6.45) is 12.6. The molecule has 5 nitrogen and oxygen atoms in total. The number of hydrogen-bond acceptors (Lipinski definition) is 4. The molecule has 166 valence electrons. The second-order valence-corrected chi connectivity index (χ2v) is 9.61. The molecule has 1 heterocycles. The van der Waals surface area contributed by atoms with E-state index >= 15 is 0 Å². The molecule has 0 radical (unpaired) electrons. The van der Waals surface area contributed by atoms with Gasteiger partial charge in [-0.15, -0.1) is 0 Å². The number of carboxylic acids is 1. The van der Waals surface area contributed by atoms with Crippen molar-refractivity contribution in [1.82, 2.24) is 0 Å². The number of carbonyl (C=O) groups excluding carboxylic acids is 1. The molecule has 1 aromatic carbocycles. The van der Waals surface area contributed by atoms with E-state index in [1.807, 2.05) is 30.3 Å². The van der Waals surface area contributed by atoms with Crippen molar-refractivity contribution in [2.45, 2.75) is 45.4 Å². The third-order valence-electron chi connectivity index (χ3n) is 8.07. The summed E-state index contributed by atoms with van der Waals surface area (Å²) < 4.78 is 11.1. The van der Waals surface area contributed by atoms with Crippen molar-refractivity contribution in [3.63, 3.8) is 0 Å². The fourth-order valence-electron chi connectivity index (χ4n) is 6.53. The first-order chi connectivity index (χ1) is 15.4. The molecule has 5 rings (SSSR count). The van der Waals surface area contributed by atoms with Gasteiger partial charge in [0.2, 0.25) is 0 Å². The van der Waals surface area contributed by atoms with Crippen LogP contribution in [0.2, 0.25) is 0 Å². The van der Waals surface area contributed by atoms with Crippen molar-refractivity contribution < 1.29 is 23.8 Å². The summed E-state index contributed by atoms with van der Waals surface area (Å²) in [5.41, 5.74) is 1.68. The van der Waals surface area contributed by atoms with Crippen LogP contribution < -0.4 is 0 Å². The van der Waals surface area contributed by atoms with E-state index in [9.17, 15) is 14.7 Å². The normalized spacial score (nSPS) is 30.8. The number of allylic oxidation sites excluding steroid dienone is 3. The lowest BCUT2D eigenvalue weighted by Crippen LogP contribution is -2.57. The van der Waals surface area contributed by atoms with E-state index in [2.05, 4.69) is 13.0 Å². The van der Waals surface area contributed by atoms with E-state index in [-0.39, 0.29) is 28.6 Å². The molecule has 0 amide bonds. The van der Waals surface area contributed by atoms with Gasteiger partial charge >= 0.3 is 11.9 Å². The molecule has 2 aromatic rings. The fourth-order valence-corrected chi connectivity index (χ4v) is 6.53. The highest BCUT2D eigenvalue weighted by atomic mass is 16.5. The maximum atomic E-state index is 12.7. The van der Waals surface area contributed by atoms with Gasteiger partial charge in [0, 0.05) is 22.3 Å². The number of aliphatic carboxylic acids is 1. The highest BCUT2D eigenvalue weighted by molar-refractivity contribution is 5.90. The Bertz CT molecular complexity index is 1080. The number of benzene rings is 1. The predicted octanol–water partition coefficient (Wildman–Crippen LogP) is 5.79. The molecule has 32 heavy (non-hydrogen) atoms. The number of carboxylic acid groups (broad SMARTS) is 1. The van der Waals surface area contributed by atoms with Crippen molar-refractivity contribution in [2.75, 3.05) is 0 Å². The van der Waals surface area contributed by atoms with Crippen molar-refractivity contribution in [1.29, 1.82) is 0 Å². The average Bonchev–Trinajstić information content (AvgIpc) is 3.29. The summed E-state index contributed by atoms with van der Waals surface area (Å²) in [6, 6.07) is 11.0. The van der Waals surface area contributed by atoms with Crippen LogP contribution in [0.3, 0.4) is 0 Å². The molecule has 1 aromatic heterocycles. The Morgan fingerprint density at radius 2 is 2.00 bits per heavy atom. The minimum Gasteiger partial charge on any atom is -0.478 e. The van der Waals surface area contributed by atoms with Crippen molar-refractivity contribution in [3.8, 4) is 0 Å². The summed E-state index contributed by atoms with van der Waals surface area (Å²) in [7, 11) is 0. The number of hydrogen-bond donors (Lipinski definition) is 1. The van der Waals surface area contributed by atoms with Crippen molar-refractivity contribution in [2.24, 2.45) is 22.7 Å². The number of ether oxygens (including phenoxy) is 1. The zero-order chi connectivity index (χ0) is 22.3. The van der Waals surface area contributed by atoms with Gasteiger partial charge in [-0.3, -0.25) is 0 Å². The van der Waals surface area contributed by atoms with Crippen molar-refractivity contribution in [3.05, 3.63) is 83.5 Å². The molecule has 0 spiro atoms. The van der Waals surface area contributed by atoms with Crippen LogP contribution in [0.1, 0.15) is 54.9 Å². The van der Waals surface area contributed by atoms with E-state index in [1.54, 1.807) is 24.7 Å². The Morgan fingerprint density at radius 1 is 1.19 bits per heavy atom. The minimum atomic E-state index is -0.806. The maximum absolute atomic E-state index is 12.7. The molecule has 3 aliphatic rings. The number of furan rings is 1. The topological polar surface area (TPSA) is 76.7 Å². The van der Waals surface area contributed by atoms with Gasteiger partial charge in [-0.1, -0.05) is 31.2 Å². The standard InChI is InChI=1S/C27H28O5/c1-26-13-11-20-22(32-25(30)19-6-3-2-4-7-19)16-27(20,14-10-18-12-15-31-17-18)23(26)9-5-8-21(26)24(28)29/h2-4,6-8,12,15-17,20,23H,5,9-11,13-14H2,1H3,(H,28,29). The summed E-state index contributed by atoms with van der Waals surface area (Å²) in [6.45, 7) is 2.12. The van der Waals surface area contributed by atoms with Gasteiger partial charge in [-0.05, 0) is 74.3 Å². The van der Waals surface area contributed by atoms with E-state index in [0.717, 1.165) is 49.8 Å². The first-order valence-corrected chi connectivity index (χ1v) is 11.4. The van der Waals surface area contributed by atoms with E-state index < -0.39 is 5.97 Å². The molecule has 1 fully saturated rings. The Hall–Kier alpha value is -3.08. The first-order valence-electron chi connectivity index (χ1n) is 11.4. The van der Waals surface area contributed by atoms with Gasteiger partial charge < -0.3 is 14.3 Å². The summed E-state index contributed by atoms with van der Waals surface area (Å²) in [5, 5.41) is 9.91. The van der Waals surface area contributed by atoms with Crippen LogP contribution in [0.15, 0.2) is 76.8 Å². The van der Waals surface area contributed by atoms with Gasteiger partial charge in [-0.25, -0.2) is 9.59 Å². The molecule has 0 aliphatic heterocycles. The smallest absolute Gasteiger partial charge is 0.343 e. The molecule has 1 saturated carbocycles. The molecule has 5 heteroatoms. The fraction of sp³-hybridized carbons (Fsp3) is 0.407. The van der Waals surface area contributed by atoms with Gasteiger partial charge in [0.05, 0.1) is 18.1 Å². The highest BCUT2D eigenvalue weighted by Gasteiger charge is 2.62. The second-order valence-electron chi connectivity index (χ2n) is 9.61. The van der Waals surface area contributed by atoms with E-state index in [1.165, 1.54) is 0 Å². The minimum absolute atomic E-state index is 0.133. The average molecular weight is 433 g/mol. The number of esters is 1. The third kappa shape index (κ3) is 3.22. The van der Waals surface area contributed by atoms with Crippen LogP contribution in [0.25, 0.3) is 0 Å². The monoisotopic (exact) mass is 432 g/mol. The molecule has 4 atom stereocenters. The largest absolute Gasteiger partial charge is 0.478 e. The molecule has 3 aliphatic carbocycles. The van der Waals surface area contributed by atoms with E-state index in [0.29, 0.717) is 11.1 Å². The van der Waals surface area contributed by atoms with E-state index in [4.69, 9.17) is 9.15 Å². The van der Waals surface area contributed by atoms with Crippen LogP contribution in [0.4, 0.5) is 0 Å². The van der Waals surface area contributed by atoms with Crippen LogP contribution in [0, 0.1) is 22.7 Å². The molecular weight excluding hydrogens is 404 g/mol. The van der Waals surface area contributed by atoms with Gasteiger partial charge in [0.15, 0.2) is 0 Å². The lowest BCUT2D eigenvalue weighted by Gasteiger charge is -2.62. The number of carbonyl (C=O) groups is 2. The van der Waals surface area contributed by atoms with Crippen LogP contribution >= 0.6 is 0 Å². The summed E-state index contributed by atoms with van der Waals surface area (Å²) >= 11 is 0. The van der Waals surface area contributed by atoms with Gasteiger partial charge in [0.1, 0.15) is 5.76 Å². The quantitative estimate of drug-likeness (QED) is 0.585. The Balaban J connectivity index is 1.47. The maximum Gasteiger partial charge on any atom is 0.343 e. The molecule has 4 unspecified atom stereocenters. The van der Waals surface area contributed by atoms with Gasteiger partial charge in [0.25, 0.3) is 0 Å². The number of rotatable bonds is 6. The lowest BCUT2D eigenvalue weighted by molar-refractivity contribution is -0.137. The predicted molar refractivity (Wildman–Crippen MR) is 119 cm³/mol. The third-order valence-corrected chi connectivity index (χ3v) is 8.07.